The van der Waals surface area contributed by atoms with Crippen LogP contribution in [0.4, 0.5) is 4.79 Å². The second-order valence-corrected chi connectivity index (χ2v) is 3.17. The van der Waals surface area contributed by atoms with Crippen LogP contribution in [0.1, 0.15) is 27.2 Å². The number of nitrogens with one attached hydrogen (secondary N) is 1. The van der Waals surface area contributed by atoms with Crippen molar-refractivity contribution in [2.45, 2.75) is 33.3 Å². The Morgan fingerprint density at radius 3 is 2.60 bits per heavy atom. The lowest BCUT2D eigenvalue weighted by Gasteiger charge is -2.11. The molecule has 15 heavy (non-hydrogen) atoms. The van der Waals surface area contributed by atoms with Crippen LogP contribution in [0.5, 0.6) is 0 Å². The number of ether oxygens (including phenoxy) is 1. The molecule has 0 aromatic rings. The molecule has 0 bridgehead atoms. The molecule has 5 nitrogen and oxygen atoms in total. The van der Waals surface area contributed by atoms with Gasteiger partial charge in [-0.1, -0.05) is 6.08 Å². The van der Waals surface area contributed by atoms with E-state index < -0.39 is 12.1 Å². The molecular weight excluding hydrogens is 198 g/mol. The van der Waals surface area contributed by atoms with Crippen LogP contribution in [0, 0.1) is 0 Å². The summed E-state index contributed by atoms with van der Waals surface area (Å²) in [7, 11) is 0. The highest BCUT2D eigenvalue weighted by molar-refractivity contribution is 5.85. The van der Waals surface area contributed by atoms with Gasteiger partial charge in [-0.3, -0.25) is 0 Å². The van der Waals surface area contributed by atoms with Crippen LogP contribution >= 0.6 is 0 Å². The molecule has 1 amide bonds. The summed E-state index contributed by atoms with van der Waals surface area (Å²) in [6, 6.07) is 0. The van der Waals surface area contributed by atoms with E-state index in [1.165, 1.54) is 13.0 Å². The van der Waals surface area contributed by atoms with Crippen molar-refractivity contribution in [1.29, 1.82) is 0 Å². The Labute approximate surface area is 89.1 Å². The number of hydrogen-bond acceptors (Lipinski definition) is 3. The van der Waals surface area contributed by atoms with Gasteiger partial charge in [0.25, 0.3) is 0 Å². The van der Waals surface area contributed by atoms with Gasteiger partial charge in [-0.25, -0.2) is 9.59 Å². The van der Waals surface area contributed by atoms with Crippen LogP contribution in [-0.2, 0) is 9.53 Å². The third-order valence-corrected chi connectivity index (χ3v) is 1.72. The lowest BCUT2D eigenvalue weighted by molar-refractivity contribution is -0.132. The maximum atomic E-state index is 11.0. The average molecular weight is 215 g/mol. The zero-order chi connectivity index (χ0) is 11.8. The molecule has 0 saturated heterocycles. The fourth-order valence-electron chi connectivity index (χ4n) is 0.847. The van der Waals surface area contributed by atoms with Crippen LogP contribution in [0.15, 0.2) is 11.6 Å². The third-order valence-electron chi connectivity index (χ3n) is 1.72. The molecule has 0 aromatic carbocycles. The summed E-state index contributed by atoms with van der Waals surface area (Å²) in [4.78, 5) is 21.4. The average Bonchev–Trinajstić information content (AvgIpc) is 2.14. The molecule has 0 spiro atoms. The number of carboxylic acids is 1. The summed E-state index contributed by atoms with van der Waals surface area (Å²) >= 11 is 0. The summed E-state index contributed by atoms with van der Waals surface area (Å²) in [5.41, 5.74) is 0.251. The van der Waals surface area contributed by atoms with Crippen molar-refractivity contribution >= 4 is 12.1 Å². The molecule has 0 radical (unpaired) electrons. The van der Waals surface area contributed by atoms with E-state index in [1.807, 2.05) is 0 Å². The van der Waals surface area contributed by atoms with Gasteiger partial charge in [0, 0.05) is 18.5 Å². The second kappa shape index (κ2) is 6.86. The fourth-order valence-corrected chi connectivity index (χ4v) is 0.847. The van der Waals surface area contributed by atoms with E-state index in [4.69, 9.17) is 9.84 Å². The number of carboxylic acid groups (broad SMARTS) is 1. The normalized spacial score (nSPS) is 13.1. The predicted molar refractivity (Wildman–Crippen MR) is 55.6 cm³/mol. The first-order valence-corrected chi connectivity index (χ1v) is 4.81. The zero-order valence-electron chi connectivity index (χ0n) is 9.24. The first-order valence-electron chi connectivity index (χ1n) is 4.81. The number of aliphatic carboxylic acids is 1. The summed E-state index contributed by atoms with van der Waals surface area (Å²) in [6.45, 7) is 5.51. The Morgan fingerprint density at radius 1 is 1.53 bits per heavy atom. The summed E-state index contributed by atoms with van der Waals surface area (Å²) in [5.74, 6) is -0.958. The molecule has 5 heteroatoms. The molecule has 0 aromatic heterocycles. The highest BCUT2D eigenvalue weighted by Crippen LogP contribution is 2.03. The Bertz CT molecular complexity index is 260. The largest absolute Gasteiger partial charge is 0.478 e. The Balaban J connectivity index is 3.94. The Morgan fingerprint density at radius 2 is 2.13 bits per heavy atom. The van der Waals surface area contributed by atoms with Crippen molar-refractivity contribution < 1.29 is 19.4 Å². The van der Waals surface area contributed by atoms with Gasteiger partial charge in [0.05, 0.1) is 0 Å². The SMILES string of the molecule is CCNC(=O)OC(C)CC=C(C)C(=O)O. The Kier molecular flexibility index (Phi) is 6.17. The first kappa shape index (κ1) is 13.5. The standard InChI is InChI=1S/C10H17NO4/c1-4-11-10(14)15-8(3)6-5-7(2)9(12)13/h5,8H,4,6H2,1-3H3,(H,11,14)(H,12,13). The van der Waals surface area contributed by atoms with Crippen LogP contribution in [0.3, 0.4) is 0 Å². The van der Waals surface area contributed by atoms with Crippen LogP contribution in [0.2, 0.25) is 0 Å². The zero-order valence-corrected chi connectivity index (χ0v) is 9.24. The molecule has 86 valence electrons. The van der Waals surface area contributed by atoms with Crippen molar-refractivity contribution in [2.24, 2.45) is 0 Å². The van der Waals surface area contributed by atoms with Gasteiger partial charge in [-0.15, -0.1) is 0 Å². The van der Waals surface area contributed by atoms with Gasteiger partial charge >= 0.3 is 12.1 Å². The van der Waals surface area contributed by atoms with E-state index in [0.29, 0.717) is 13.0 Å². The number of carbonyl (C=O) groups excluding carboxylic acids is 1. The topological polar surface area (TPSA) is 75.6 Å². The lowest BCUT2D eigenvalue weighted by Crippen LogP contribution is -2.27. The van der Waals surface area contributed by atoms with Crippen molar-refractivity contribution in [1.82, 2.24) is 5.32 Å². The lowest BCUT2D eigenvalue weighted by atomic mass is 10.2. The van der Waals surface area contributed by atoms with Crippen LogP contribution < -0.4 is 5.32 Å². The van der Waals surface area contributed by atoms with Crippen molar-refractivity contribution in [3.63, 3.8) is 0 Å². The van der Waals surface area contributed by atoms with E-state index in [2.05, 4.69) is 5.32 Å². The Hall–Kier alpha value is -1.52. The first-order chi connectivity index (χ1) is 6.97. The quantitative estimate of drug-likeness (QED) is 0.682. The van der Waals surface area contributed by atoms with E-state index >= 15 is 0 Å². The van der Waals surface area contributed by atoms with Crippen molar-refractivity contribution in [3.8, 4) is 0 Å². The third kappa shape index (κ3) is 6.54. The molecule has 0 aliphatic carbocycles. The summed E-state index contributed by atoms with van der Waals surface area (Å²) < 4.78 is 4.93. The fraction of sp³-hybridized carbons (Fsp3) is 0.600. The minimum absolute atomic E-state index is 0.251. The minimum Gasteiger partial charge on any atom is -0.478 e. The van der Waals surface area contributed by atoms with Crippen molar-refractivity contribution in [3.05, 3.63) is 11.6 Å². The molecular formula is C10H17NO4. The van der Waals surface area contributed by atoms with E-state index in [0.717, 1.165) is 0 Å². The van der Waals surface area contributed by atoms with Gasteiger partial charge in [0.1, 0.15) is 6.10 Å². The molecule has 0 aliphatic rings. The van der Waals surface area contributed by atoms with E-state index in [1.54, 1.807) is 13.8 Å². The summed E-state index contributed by atoms with van der Waals surface area (Å²) in [6.07, 6.45) is 1.12. The molecule has 0 fully saturated rings. The van der Waals surface area contributed by atoms with Gasteiger partial charge in [0.2, 0.25) is 0 Å². The van der Waals surface area contributed by atoms with E-state index in [-0.39, 0.29) is 11.7 Å². The molecule has 2 N–H and O–H groups in total. The van der Waals surface area contributed by atoms with Crippen LogP contribution in [0.25, 0.3) is 0 Å². The maximum absolute atomic E-state index is 11.0. The number of hydrogen-bond donors (Lipinski definition) is 2. The van der Waals surface area contributed by atoms with Crippen LogP contribution in [-0.4, -0.2) is 29.8 Å². The molecule has 0 aliphatic heterocycles. The summed E-state index contributed by atoms with van der Waals surface area (Å²) in [5, 5.41) is 11.1. The van der Waals surface area contributed by atoms with Gasteiger partial charge < -0.3 is 15.2 Å². The molecule has 1 unspecified atom stereocenters. The molecule has 0 heterocycles. The minimum atomic E-state index is -0.958. The number of alkyl carbamates (subject to hydrolysis) is 1. The number of rotatable bonds is 5. The highest BCUT2D eigenvalue weighted by Gasteiger charge is 2.07. The predicted octanol–water partition coefficient (Wildman–Crippen LogP) is 1.54. The highest BCUT2D eigenvalue weighted by atomic mass is 16.6. The van der Waals surface area contributed by atoms with Gasteiger partial charge in [0.15, 0.2) is 0 Å². The molecule has 0 rings (SSSR count). The number of amides is 1. The number of carbonyl (C=O) groups is 2. The monoisotopic (exact) mass is 215 g/mol. The molecule has 1 atom stereocenters. The van der Waals surface area contributed by atoms with Gasteiger partial charge in [-0.05, 0) is 20.8 Å². The second-order valence-electron chi connectivity index (χ2n) is 3.17. The molecule has 0 saturated carbocycles. The van der Waals surface area contributed by atoms with Crippen molar-refractivity contribution in [2.75, 3.05) is 6.54 Å². The van der Waals surface area contributed by atoms with Gasteiger partial charge in [-0.2, -0.15) is 0 Å². The van der Waals surface area contributed by atoms with E-state index in [9.17, 15) is 9.59 Å². The smallest absolute Gasteiger partial charge is 0.407 e. The maximum Gasteiger partial charge on any atom is 0.407 e.